The van der Waals surface area contributed by atoms with E-state index in [1.54, 1.807) is 0 Å². The Morgan fingerprint density at radius 1 is 1.35 bits per heavy atom. The summed E-state index contributed by atoms with van der Waals surface area (Å²) < 4.78 is 5.81. The number of hydrogen-bond donors (Lipinski definition) is 2. The normalized spacial score (nSPS) is 13.5. The van der Waals surface area contributed by atoms with Crippen LogP contribution in [-0.4, -0.2) is 25.5 Å². The average Bonchev–Trinajstić information content (AvgIpc) is 2.68. The minimum absolute atomic E-state index is 0.0118. The molecule has 0 spiro atoms. The molecule has 0 amide bonds. The molecule has 0 saturated carbocycles. The zero-order chi connectivity index (χ0) is 12.4. The van der Waals surface area contributed by atoms with E-state index in [1.165, 1.54) is 5.56 Å². The molecule has 0 bridgehead atoms. The Kier molecular flexibility index (Phi) is 3.47. The molecule has 1 atom stereocenters. The average molecular weight is 233 g/mol. The van der Waals surface area contributed by atoms with Crippen molar-refractivity contribution in [2.75, 3.05) is 20.6 Å². The Labute approximate surface area is 101 Å². The van der Waals surface area contributed by atoms with Crippen molar-refractivity contribution >= 4 is 11.0 Å². The first kappa shape index (κ1) is 12.1. The summed E-state index contributed by atoms with van der Waals surface area (Å²) in [6, 6.07) is 8.23. The third kappa shape index (κ3) is 2.66. The van der Waals surface area contributed by atoms with Gasteiger partial charge >= 0.3 is 0 Å². The monoisotopic (exact) mass is 233 g/mol. The van der Waals surface area contributed by atoms with Crippen LogP contribution in [0, 0.1) is 6.92 Å². The number of fused-ring (bicyclic) bond motifs is 1. The fraction of sp³-hybridized carbons (Fsp3) is 0.385. The molecule has 0 aliphatic rings. The van der Waals surface area contributed by atoms with Crippen LogP contribution in [0.1, 0.15) is 17.4 Å². The second-order valence-corrected chi connectivity index (χ2v) is 4.67. The molecule has 1 aromatic heterocycles. The van der Waals surface area contributed by atoms with Gasteiger partial charge in [0.25, 0.3) is 0 Å². The summed E-state index contributed by atoms with van der Waals surface area (Å²) in [4.78, 5) is 2.07. The zero-order valence-corrected chi connectivity index (χ0v) is 10.5. The van der Waals surface area contributed by atoms with Gasteiger partial charge in [0.2, 0.25) is 0 Å². The highest BCUT2D eigenvalue weighted by molar-refractivity contribution is 5.78. The van der Waals surface area contributed by atoms with E-state index in [0.717, 1.165) is 23.3 Å². The van der Waals surface area contributed by atoms with Crippen LogP contribution in [0.5, 0.6) is 0 Å². The molecule has 2 rings (SSSR count). The molecule has 3 N–H and O–H groups in total. The smallest absolute Gasteiger partial charge is 0.134 e. The minimum atomic E-state index is 0.0118. The molecule has 0 fully saturated rings. The second-order valence-electron chi connectivity index (χ2n) is 4.67. The fourth-order valence-electron chi connectivity index (χ4n) is 1.94. The summed E-state index contributed by atoms with van der Waals surface area (Å²) in [5.41, 5.74) is 4.93. The van der Waals surface area contributed by atoms with Gasteiger partial charge < -0.3 is 9.32 Å². The number of likely N-dealkylation sites (N-methyl/N-ethyl adjacent to an activating group) is 1. The van der Waals surface area contributed by atoms with Crippen molar-refractivity contribution in [3.05, 3.63) is 35.6 Å². The van der Waals surface area contributed by atoms with Crippen LogP contribution >= 0.6 is 0 Å². The van der Waals surface area contributed by atoms with Gasteiger partial charge in [-0.25, -0.2) is 5.43 Å². The van der Waals surface area contributed by atoms with Gasteiger partial charge in [0.05, 0.1) is 6.04 Å². The van der Waals surface area contributed by atoms with Crippen molar-refractivity contribution in [1.82, 2.24) is 10.3 Å². The molecule has 1 heterocycles. The fourth-order valence-corrected chi connectivity index (χ4v) is 1.94. The number of nitrogens with two attached hydrogens (primary N) is 1. The topological polar surface area (TPSA) is 54.4 Å². The maximum Gasteiger partial charge on any atom is 0.134 e. The van der Waals surface area contributed by atoms with Crippen LogP contribution in [0.25, 0.3) is 11.0 Å². The van der Waals surface area contributed by atoms with Gasteiger partial charge in [-0.1, -0.05) is 11.6 Å². The van der Waals surface area contributed by atoms with E-state index in [4.69, 9.17) is 10.3 Å². The highest BCUT2D eigenvalue weighted by Gasteiger charge is 2.15. The lowest BCUT2D eigenvalue weighted by molar-refractivity contribution is 0.316. The Balaban J connectivity index is 2.34. The first-order valence-electron chi connectivity index (χ1n) is 5.71. The predicted octanol–water partition coefficient (Wildman–Crippen LogP) is 1.81. The van der Waals surface area contributed by atoms with Crippen molar-refractivity contribution in [3.8, 4) is 0 Å². The summed E-state index contributed by atoms with van der Waals surface area (Å²) in [6.07, 6.45) is 0. The van der Waals surface area contributed by atoms with E-state index >= 15 is 0 Å². The van der Waals surface area contributed by atoms with Crippen molar-refractivity contribution < 1.29 is 4.42 Å². The number of nitrogens with zero attached hydrogens (tertiary/aromatic N) is 1. The number of aryl methyl sites for hydroxylation is 1. The Morgan fingerprint density at radius 3 is 2.76 bits per heavy atom. The number of hydrogen-bond acceptors (Lipinski definition) is 4. The van der Waals surface area contributed by atoms with Crippen LogP contribution < -0.4 is 11.3 Å². The molecule has 0 radical (unpaired) electrons. The Bertz CT molecular complexity index is 504. The predicted molar refractivity (Wildman–Crippen MR) is 69.6 cm³/mol. The quantitative estimate of drug-likeness (QED) is 0.624. The van der Waals surface area contributed by atoms with E-state index in [0.29, 0.717) is 0 Å². The zero-order valence-electron chi connectivity index (χ0n) is 10.5. The molecule has 17 heavy (non-hydrogen) atoms. The first-order valence-corrected chi connectivity index (χ1v) is 5.71. The lowest BCUT2D eigenvalue weighted by Gasteiger charge is -2.17. The van der Waals surface area contributed by atoms with E-state index in [1.807, 2.05) is 26.2 Å². The summed E-state index contributed by atoms with van der Waals surface area (Å²) in [6.45, 7) is 2.87. The van der Waals surface area contributed by atoms with Crippen molar-refractivity contribution in [1.29, 1.82) is 0 Å². The maximum absolute atomic E-state index is 5.81. The SMILES string of the molecule is Cc1ccc2oc(C(CN(C)C)NN)cc2c1. The molecular weight excluding hydrogens is 214 g/mol. The van der Waals surface area contributed by atoms with Gasteiger partial charge in [-0.3, -0.25) is 5.84 Å². The largest absolute Gasteiger partial charge is 0.459 e. The van der Waals surface area contributed by atoms with E-state index in [2.05, 4.69) is 29.4 Å². The van der Waals surface area contributed by atoms with Crippen LogP contribution in [0.2, 0.25) is 0 Å². The van der Waals surface area contributed by atoms with Crippen LogP contribution in [0.3, 0.4) is 0 Å². The maximum atomic E-state index is 5.81. The van der Waals surface area contributed by atoms with Gasteiger partial charge in [-0.2, -0.15) is 0 Å². The Hall–Kier alpha value is -1.36. The van der Waals surface area contributed by atoms with Crippen molar-refractivity contribution in [2.45, 2.75) is 13.0 Å². The molecule has 1 aromatic carbocycles. The van der Waals surface area contributed by atoms with Gasteiger partial charge in [0.1, 0.15) is 11.3 Å². The molecule has 92 valence electrons. The minimum Gasteiger partial charge on any atom is -0.459 e. The highest BCUT2D eigenvalue weighted by atomic mass is 16.3. The molecule has 0 aliphatic heterocycles. The number of furan rings is 1. The Morgan fingerprint density at radius 2 is 2.12 bits per heavy atom. The lowest BCUT2D eigenvalue weighted by Crippen LogP contribution is -2.35. The molecule has 4 nitrogen and oxygen atoms in total. The molecule has 1 unspecified atom stereocenters. The van der Waals surface area contributed by atoms with Gasteiger partial charge in [-0.05, 0) is 39.2 Å². The summed E-state index contributed by atoms with van der Waals surface area (Å²) in [7, 11) is 4.02. The summed E-state index contributed by atoms with van der Waals surface area (Å²) >= 11 is 0. The van der Waals surface area contributed by atoms with Gasteiger partial charge in [-0.15, -0.1) is 0 Å². The number of benzene rings is 1. The molecule has 2 aromatic rings. The van der Waals surface area contributed by atoms with Crippen molar-refractivity contribution in [2.24, 2.45) is 5.84 Å². The molecule has 4 heteroatoms. The van der Waals surface area contributed by atoms with Crippen LogP contribution in [-0.2, 0) is 0 Å². The molecular formula is C13H19N3O. The number of rotatable bonds is 4. The van der Waals surface area contributed by atoms with Crippen molar-refractivity contribution in [3.63, 3.8) is 0 Å². The molecule has 0 aliphatic carbocycles. The number of hydrazine groups is 1. The first-order chi connectivity index (χ1) is 8.10. The third-order valence-corrected chi connectivity index (χ3v) is 2.78. The second kappa shape index (κ2) is 4.87. The van der Waals surface area contributed by atoms with Gasteiger partial charge in [0.15, 0.2) is 0 Å². The van der Waals surface area contributed by atoms with E-state index < -0.39 is 0 Å². The van der Waals surface area contributed by atoms with Crippen LogP contribution in [0.15, 0.2) is 28.7 Å². The summed E-state index contributed by atoms with van der Waals surface area (Å²) in [5.74, 6) is 6.44. The van der Waals surface area contributed by atoms with Crippen LogP contribution in [0.4, 0.5) is 0 Å². The van der Waals surface area contributed by atoms with E-state index in [9.17, 15) is 0 Å². The standard InChI is InChI=1S/C13H19N3O/c1-9-4-5-12-10(6-9)7-13(17-12)11(15-14)8-16(2)3/h4-7,11,15H,8,14H2,1-3H3. The third-order valence-electron chi connectivity index (χ3n) is 2.78. The van der Waals surface area contributed by atoms with Gasteiger partial charge in [0, 0.05) is 11.9 Å². The number of nitrogens with one attached hydrogen (secondary N) is 1. The highest BCUT2D eigenvalue weighted by Crippen LogP contribution is 2.24. The lowest BCUT2D eigenvalue weighted by atomic mass is 10.1. The summed E-state index contributed by atoms with van der Waals surface area (Å²) in [5, 5.41) is 1.12. The molecule has 0 saturated heterocycles. The van der Waals surface area contributed by atoms with E-state index in [-0.39, 0.29) is 6.04 Å².